The maximum atomic E-state index is 13.3. The summed E-state index contributed by atoms with van der Waals surface area (Å²) in [5.41, 5.74) is 1.65. The third-order valence-corrected chi connectivity index (χ3v) is 7.78. The number of likely N-dealkylation sites (tertiary alicyclic amines) is 1. The SMILES string of the molecule is CC(C)(C)OC(=O)N1CCCC1C(=O)Nc1cccc(-c2cc(-c3ccccc3O)nc(NC(=O)c3cccs3)c2C#N)c1.[2HH]. The van der Waals surface area contributed by atoms with Gasteiger partial charge in [-0.2, -0.15) is 5.26 Å². The highest BCUT2D eigenvalue weighted by atomic mass is 32.1. The van der Waals surface area contributed by atoms with Crippen molar-refractivity contribution in [2.45, 2.75) is 45.3 Å². The summed E-state index contributed by atoms with van der Waals surface area (Å²) in [4.78, 5) is 45.5. The van der Waals surface area contributed by atoms with Gasteiger partial charge < -0.3 is 20.5 Å². The zero-order valence-corrected chi connectivity index (χ0v) is 25.3. The van der Waals surface area contributed by atoms with E-state index < -0.39 is 23.6 Å². The number of carbonyl (C=O) groups is 3. The number of nitriles is 1. The molecule has 5 rings (SSSR count). The first-order valence-electron chi connectivity index (χ1n) is 14.0. The lowest BCUT2D eigenvalue weighted by Crippen LogP contribution is -2.45. The van der Waals surface area contributed by atoms with Gasteiger partial charge in [0.15, 0.2) is 5.82 Å². The third kappa shape index (κ3) is 6.71. The lowest BCUT2D eigenvalue weighted by molar-refractivity contribution is -0.120. The summed E-state index contributed by atoms with van der Waals surface area (Å²) in [6.45, 7) is 5.75. The standard InChI is InChI=1S/C33H31N5O5S.H2/c1-33(2,3)43-32(42)38-15-7-12-26(38)30(40)35-21-10-6-9-20(17-21)23-18-25(22-11-4-5-13-27(22)39)36-29(24(23)19-34)37-31(41)28-14-8-16-44-28;/h4-6,8-11,13-14,16-18,26,39H,7,12,15H2,1-3H3,(H,35,40)(H,36,37,41);1H/i;1+1. The average Bonchev–Trinajstić information content (AvgIpc) is 3.70. The fraction of sp³-hybridized carbons (Fsp3) is 0.242. The van der Waals surface area contributed by atoms with E-state index in [2.05, 4.69) is 21.7 Å². The van der Waals surface area contributed by atoms with Gasteiger partial charge in [0, 0.05) is 24.8 Å². The van der Waals surface area contributed by atoms with Crippen molar-refractivity contribution in [2.75, 3.05) is 17.2 Å². The number of phenolic OH excluding ortho intramolecular Hbond substituents is 1. The first-order valence-corrected chi connectivity index (χ1v) is 14.9. The molecule has 10 nitrogen and oxygen atoms in total. The largest absolute Gasteiger partial charge is 0.507 e. The van der Waals surface area contributed by atoms with Gasteiger partial charge in [-0.25, -0.2) is 9.78 Å². The number of aromatic nitrogens is 1. The van der Waals surface area contributed by atoms with Crippen LogP contribution in [0, 0.1) is 11.3 Å². The quantitative estimate of drug-likeness (QED) is 0.215. The van der Waals surface area contributed by atoms with E-state index in [0.29, 0.717) is 52.3 Å². The topological polar surface area (TPSA) is 145 Å². The Morgan fingerprint density at radius 1 is 1.07 bits per heavy atom. The average molecular weight is 613 g/mol. The zero-order chi connectivity index (χ0) is 31.4. The van der Waals surface area contributed by atoms with Gasteiger partial charge in [0.1, 0.15) is 29.0 Å². The van der Waals surface area contributed by atoms with Crippen LogP contribution in [0.25, 0.3) is 22.4 Å². The van der Waals surface area contributed by atoms with E-state index in [9.17, 15) is 24.8 Å². The molecule has 11 heteroatoms. The monoisotopic (exact) mass is 612 g/mol. The zero-order valence-electron chi connectivity index (χ0n) is 24.5. The molecule has 1 aliphatic rings. The number of benzene rings is 2. The molecule has 3 heterocycles. The minimum Gasteiger partial charge on any atom is -0.507 e. The van der Waals surface area contributed by atoms with E-state index in [1.807, 2.05) is 0 Å². The number of phenols is 1. The molecule has 0 radical (unpaired) electrons. The molecule has 0 saturated carbocycles. The predicted octanol–water partition coefficient (Wildman–Crippen LogP) is 6.89. The minimum absolute atomic E-state index is 0. The number of anilines is 2. The third-order valence-electron chi connectivity index (χ3n) is 6.91. The number of aromatic hydroxyl groups is 1. The second-order valence-electron chi connectivity index (χ2n) is 11.2. The van der Waals surface area contributed by atoms with Gasteiger partial charge in [-0.15, -0.1) is 11.3 Å². The summed E-state index contributed by atoms with van der Waals surface area (Å²) in [7, 11) is 0. The van der Waals surface area contributed by atoms with Gasteiger partial charge in [0.25, 0.3) is 5.91 Å². The van der Waals surface area contributed by atoms with Crippen LogP contribution in [-0.4, -0.2) is 51.1 Å². The van der Waals surface area contributed by atoms with Crippen molar-refractivity contribution in [2.24, 2.45) is 0 Å². The molecule has 3 N–H and O–H groups in total. The van der Waals surface area contributed by atoms with Gasteiger partial charge >= 0.3 is 6.09 Å². The smallest absolute Gasteiger partial charge is 0.410 e. The van der Waals surface area contributed by atoms with Crippen LogP contribution in [-0.2, 0) is 9.53 Å². The lowest BCUT2D eigenvalue weighted by atomic mass is 9.97. The number of amides is 3. The molecular weight excluding hydrogens is 578 g/mol. The Morgan fingerprint density at radius 2 is 1.86 bits per heavy atom. The maximum absolute atomic E-state index is 13.3. The molecule has 2 aromatic carbocycles. The molecule has 0 spiro atoms. The molecule has 226 valence electrons. The summed E-state index contributed by atoms with van der Waals surface area (Å²) in [5, 5.41) is 28.2. The van der Waals surface area contributed by atoms with E-state index in [4.69, 9.17) is 4.74 Å². The fourth-order valence-corrected chi connectivity index (χ4v) is 5.57. The van der Waals surface area contributed by atoms with E-state index in [1.165, 1.54) is 22.3 Å². The van der Waals surface area contributed by atoms with Gasteiger partial charge in [0.05, 0.1) is 10.6 Å². The number of thiophene rings is 1. The Kier molecular flexibility index (Phi) is 8.64. The van der Waals surface area contributed by atoms with Crippen LogP contribution in [0.2, 0.25) is 0 Å². The number of pyridine rings is 1. The van der Waals surface area contributed by atoms with E-state index in [1.54, 1.807) is 86.8 Å². The minimum atomic E-state index is -0.685. The molecule has 1 fully saturated rings. The second kappa shape index (κ2) is 12.6. The van der Waals surface area contributed by atoms with Crippen molar-refractivity contribution < 1.29 is 25.7 Å². The number of nitrogens with one attached hydrogen (secondary N) is 2. The van der Waals surface area contributed by atoms with Crippen LogP contribution in [0.4, 0.5) is 16.3 Å². The number of hydrogen-bond donors (Lipinski definition) is 3. The summed E-state index contributed by atoms with van der Waals surface area (Å²) in [6.07, 6.45) is 0.646. The number of ether oxygens (including phenoxy) is 1. The summed E-state index contributed by atoms with van der Waals surface area (Å²) in [6, 6.07) is 20.1. The Hall–Kier alpha value is -5.21. The maximum Gasteiger partial charge on any atom is 0.410 e. The van der Waals surface area contributed by atoms with Gasteiger partial charge in [-0.3, -0.25) is 14.5 Å². The lowest BCUT2D eigenvalue weighted by Gasteiger charge is -2.28. The number of carbonyl (C=O) groups excluding carboxylic acids is 3. The predicted molar refractivity (Wildman–Crippen MR) is 170 cm³/mol. The second-order valence-corrected chi connectivity index (χ2v) is 12.2. The molecule has 4 aromatic rings. The molecule has 2 aromatic heterocycles. The Morgan fingerprint density at radius 3 is 2.57 bits per heavy atom. The van der Waals surface area contributed by atoms with Crippen molar-refractivity contribution in [3.05, 3.63) is 82.6 Å². The van der Waals surface area contributed by atoms with E-state index in [0.717, 1.165) is 0 Å². The number of nitrogens with zero attached hydrogens (tertiary/aromatic N) is 3. The Balaban J connectivity index is 0.00000461. The number of para-hydroxylation sites is 1. The molecule has 44 heavy (non-hydrogen) atoms. The molecule has 1 atom stereocenters. The number of rotatable bonds is 6. The normalized spacial score (nSPS) is 14.5. The highest BCUT2D eigenvalue weighted by molar-refractivity contribution is 7.12. The summed E-state index contributed by atoms with van der Waals surface area (Å²) >= 11 is 1.25. The Bertz CT molecular complexity index is 1760. The number of hydrogen-bond acceptors (Lipinski definition) is 8. The van der Waals surface area contributed by atoms with Crippen LogP contribution < -0.4 is 10.6 Å². The molecule has 1 aliphatic heterocycles. The van der Waals surface area contributed by atoms with Crippen LogP contribution >= 0.6 is 11.3 Å². The molecule has 3 amide bonds. The van der Waals surface area contributed by atoms with Gasteiger partial charge in [0.2, 0.25) is 5.91 Å². The van der Waals surface area contributed by atoms with Crippen LogP contribution in [0.1, 0.15) is 50.3 Å². The van der Waals surface area contributed by atoms with Gasteiger partial charge in [-0.05, 0) is 81.0 Å². The molecular formula is C33H33N5O5S. The van der Waals surface area contributed by atoms with E-state index in [-0.39, 0.29) is 24.5 Å². The van der Waals surface area contributed by atoms with E-state index >= 15 is 0 Å². The van der Waals surface area contributed by atoms with Crippen molar-refractivity contribution in [1.82, 2.24) is 9.88 Å². The first kappa shape index (κ1) is 30.3. The molecule has 0 bridgehead atoms. The summed E-state index contributed by atoms with van der Waals surface area (Å²) < 4.78 is 5.50. The molecule has 0 aliphatic carbocycles. The van der Waals surface area contributed by atoms with Crippen LogP contribution in [0.5, 0.6) is 5.75 Å². The first-order chi connectivity index (χ1) is 21.0. The molecule has 1 unspecified atom stereocenters. The van der Waals surface area contributed by atoms with Crippen LogP contribution in [0.15, 0.2) is 72.1 Å². The fourth-order valence-electron chi connectivity index (χ4n) is 4.95. The highest BCUT2D eigenvalue weighted by Crippen LogP contribution is 2.36. The van der Waals surface area contributed by atoms with Gasteiger partial charge in [-0.1, -0.05) is 30.3 Å². The highest BCUT2D eigenvalue weighted by Gasteiger charge is 2.36. The van der Waals surface area contributed by atoms with Crippen molar-refractivity contribution in [3.63, 3.8) is 0 Å². The Labute approximate surface area is 260 Å². The molecule has 1 saturated heterocycles. The van der Waals surface area contributed by atoms with Crippen molar-refractivity contribution >= 4 is 40.7 Å². The van der Waals surface area contributed by atoms with Crippen molar-refractivity contribution in [1.29, 1.82) is 5.26 Å². The van der Waals surface area contributed by atoms with Crippen molar-refractivity contribution in [3.8, 4) is 34.2 Å². The summed E-state index contributed by atoms with van der Waals surface area (Å²) in [5.74, 6) is -0.746. The van der Waals surface area contributed by atoms with Crippen LogP contribution in [0.3, 0.4) is 0 Å².